The van der Waals surface area contributed by atoms with E-state index < -0.39 is 0 Å². The monoisotopic (exact) mass is 226 g/mol. The summed E-state index contributed by atoms with van der Waals surface area (Å²) in [5.41, 5.74) is 0.900. The number of esters is 1. The molecule has 1 atom stereocenters. The summed E-state index contributed by atoms with van der Waals surface area (Å²) in [6.07, 6.45) is 0.342. The lowest BCUT2D eigenvalue weighted by molar-refractivity contribution is -0.141. The maximum Gasteiger partial charge on any atom is 0.307 e. The van der Waals surface area contributed by atoms with Crippen LogP contribution >= 0.6 is 0 Å². The van der Waals surface area contributed by atoms with Crippen LogP contribution < -0.4 is 5.32 Å². The Bertz CT molecular complexity index is 341. The first-order valence-electron chi connectivity index (χ1n) is 5.26. The van der Waals surface area contributed by atoms with Crippen molar-refractivity contribution in [3.63, 3.8) is 0 Å². The number of hydrogen-bond acceptors (Lipinski definition) is 5. The SMILES string of the molecule is COC(=O)CC(C)NCc1nc(C)c(C)o1. The standard InChI is InChI=1S/C11H18N2O3/c1-7(5-11(14)15-4)12-6-10-13-8(2)9(3)16-10/h7,12H,5-6H2,1-4H3. The highest BCUT2D eigenvalue weighted by Gasteiger charge is 2.10. The number of nitrogens with one attached hydrogen (secondary N) is 1. The van der Waals surface area contributed by atoms with Crippen LogP contribution in [0.4, 0.5) is 0 Å². The van der Waals surface area contributed by atoms with Gasteiger partial charge in [0.2, 0.25) is 5.89 Å². The van der Waals surface area contributed by atoms with E-state index in [-0.39, 0.29) is 12.0 Å². The number of carbonyl (C=O) groups is 1. The quantitative estimate of drug-likeness (QED) is 0.767. The van der Waals surface area contributed by atoms with Gasteiger partial charge in [0.15, 0.2) is 0 Å². The molecule has 0 bridgehead atoms. The number of rotatable bonds is 5. The molecule has 0 spiro atoms. The normalized spacial score (nSPS) is 12.5. The molecule has 1 aromatic heterocycles. The lowest BCUT2D eigenvalue weighted by Gasteiger charge is -2.10. The molecule has 16 heavy (non-hydrogen) atoms. The third kappa shape index (κ3) is 3.66. The molecule has 0 fully saturated rings. The van der Waals surface area contributed by atoms with Crippen LogP contribution in [-0.4, -0.2) is 24.1 Å². The Morgan fingerprint density at radius 3 is 2.75 bits per heavy atom. The van der Waals surface area contributed by atoms with E-state index in [0.29, 0.717) is 18.9 Å². The highest BCUT2D eigenvalue weighted by atomic mass is 16.5. The number of hydrogen-bond donors (Lipinski definition) is 1. The second-order valence-corrected chi connectivity index (χ2v) is 3.81. The average molecular weight is 226 g/mol. The molecule has 0 amide bonds. The predicted octanol–water partition coefficient (Wildman–Crippen LogP) is 1.33. The van der Waals surface area contributed by atoms with Crippen LogP contribution in [0.25, 0.3) is 0 Å². The van der Waals surface area contributed by atoms with Gasteiger partial charge >= 0.3 is 5.97 Å². The molecule has 0 saturated carbocycles. The fraction of sp³-hybridized carbons (Fsp3) is 0.636. The van der Waals surface area contributed by atoms with Crippen molar-refractivity contribution in [1.82, 2.24) is 10.3 Å². The second-order valence-electron chi connectivity index (χ2n) is 3.81. The molecular weight excluding hydrogens is 208 g/mol. The number of nitrogens with zero attached hydrogens (tertiary/aromatic N) is 1. The lowest BCUT2D eigenvalue weighted by atomic mass is 10.2. The van der Waals surface area contributed by atoms with E-state index in [4.69, 9.17) is 4.42 Å². The minimum atomic E-state index is -0.222. The number of oxazole rings is 1. The van der Waals surface area contributed by atoms with Gasteiger partial charge in [-0.15, -0.1) is 0 Å². The highest BCUT2D eigenvalue weighted by Crippen LogP contribution is 2.08. The van der Waals surface area contributed by atoms with E-state index >= 15 is 0 Å². The van der Waals surface area contributed by atoms with Crippen molar-refractivity contribution >= 4 is 5.97 Å². The van der Waals surface area contributed by atoms with E-state index in [1.165, 1.54) is 7.11 Å². The molecule has 1 aromatic rings. The van der Waals surface area contributed by atoms with E-state index in [0.717, 1.165) is 11.5 Å². The Hall–Kier alpha value is -1.36. The van der Waals surface area contributed by atoms with Crippen molar-refractivity contribution in [2.45, 2.75) is 39.8 Å². The third-order valence-corrected chi connectivity index (χ3v) is 2.38. The van der Waals surface area contributed by atoms with Crippen LogP contribution in [-0.2, 0) is 16.1 Å². The van der Waals surface area contributed by atoms with Gasteiger partial charge in [0, 0.05) is 6.04 Å². The predicted molar refractivity (Wildman–Crippen MR) is 58.9 cm³/mol. The van der Waals surface area contributed by atoms with Crippen molar-refractivity contribution in [2.24, 2.45) is 0 Å². The van der Waals surface area contributed by atoms with Crippen molar-refractivity contribution in [2.75, 3.05) is 7.11 Å². The number of carbonyl (C=O) groups excluding carboxylic acids is 1. The molecule has 1 unspecified atom stereocenters. The molecule has 0 aliphatic carbocycles. The second kappa shape index (κ2) is 5.65. The topological polar surface area (TPSA) is 64.4 Å². The van der Waals surface area contributed by atoms with Gasteiger partial charge < -0.3 is 14.5 Å². The molecule has 5 heteroatoms. The molecule has 1 rings (SSSR count). The third-order valence-electron chi connectivity index (χ3n) is 2.38. The molecule has 0 aliphatic rings. The summed E-state index contributed by atoms with van der Waals surface area (Å²) in [5, 5.41) is 3.15. The van der Waals surface area contributed by atoms with E-state index in [2.05, 4.69) is 15.0 Å². The van der Waals surface area contributed by atoms with Gasteiger partial charge in [0.25, 0.3) is 0 Å². The summed E-state index contributed by atoms with van der Waals surface area (Å²) in [7, 11) is 1.38. The van der Waals surface area contributed by atoms with Gasteiger partial charge in [-0.05, 0) is 20.8 Å². The maximum atomic E-state index is 11.0. The zero-order valence-electron chi connectivity index (χ0n) is 10.2. The fourth-order valence-corrected chi connectivity index (χ4v) is 1.28. The molecule has 1 heterocycles. The number of aromatic nitrogens is 1. The van der Waals surface area contributed by atoms with Crippen molar-refractivity contribution < 1.29 is 13.9 Å². The van der Waals surface area contributed by atoms with Crippen LogP contribution in [0.15, 0.2) is 4.42 Å². The first-order valence-corrected chi connectivity index (χ1v) is 5.26. The minimum absolute atomic E-state index is 0.0416. The summed E-state index contributed by atoms with van der Waals surface area (Å²) >= 11 is 0. The molecule has 0 aliphatic heterocycles. The zero-order chi connectivity index (χ0) is 12.1. The van der Waals surface area contributed by atoms with Gasteiger partial charge in [0.1, 0.15) is 5.76 Å². The van der Waals surface area contributed by atoms with Gasteiger partial charge in [-0.25, -0.2) is 4.98 Å². The van der Waals surface area contributed by atoms with E-state index in [1.807, 2.05) is 20.8 Å². The first kappa shape index (κ1) is 12.7. The molecule has 0 aromatic carbocycles. The number of ether oxygens (including phenoxy) is 1. The summed E-state index contributed by atoms with van der Waals surface area (Å²) in [6.45, 7) is 6.22. The fourth-order valence-electron chi connectivity index (χ4n) is 1.28. The summed E-state index contributed by atoms with van der Waals surface area (Å²) in [5.74, 6) is 1.25. The molecule has 90 valence electrons. The molecule has 5 nitrogen and oxygen atoms in total. The zero-order valence-corrected chi connectivity index (χ0v) is 10.2. The largest absolute Gasteiger partial charge is 0.469 e. The average Bonchev–Trinajstić information content (AvgIpc) is 2.55. The van der Waals surface area contributed by atoms with Crippen LogP contribution in [0, 0.1) is 13.8 Å². The number of aryl methyl sites for hydroxylation is 2. The van der Waals surface area contributed by atoms with Gasteiger partial charge in [-0.1, -0.05) is 0 Å². The Kier molecular flexibility index (Phi) is 4.49. The smallest absolute Gasteiger partial charge is 0.307 e. The van der Waals surface area contributed by atoms with Crippen LogP contribution in [0.2, 0.25) is 0 Å². The molecule has 1 N–H and O–H groups in total. The Labute approximate surface area is 95.2 Å². The van der Waals surface area contributed by atoms with Crippen molar-refractivity contribution in [3.05, 3.63) is 17.3 Å². The molecule has 0 saturated heterocycles. The highest BCUT2D eigenvalue weighted by molar-refractivity contribution is 5.69. The van der Waals surface area contributed by atoms with Crippen LogP contribution in [0.3, 0.4) is 0 Å². The summed E-state index contributed by atoms with van der Waals surface area (Å²) in [4.78, 5) is 15.2. The maximum absolute atomic E-state index is 11.0. The molecular formula is C11H18N2O3. The van der Waals surface area contributed by atoms with Crippen molar-refractivity contribution in [1.29, 1.82) is 0 Å². The van der Waals surface area contributed by atoms with E-state index in [1.54, 1.807) is 0 Å². The Morgan fingerprint density at radius 1 is 1.56 bits per heavy atom. The van der Waals surface area contributed by atoms with Crippen LogP contribution in [0.1, 0.15) is 30.7 Å². The van der Waals surface area contributed by atoms with E-state index in [9.17, 15) is 4.79 Å². The van der Waals surface area contributed by atoms with Gasteiger partial charge in [-0.2, -0.15) is 0 Å². The van der Waals surface area contributed by atoms with Crippen LogP contribution in [0.5, 0.6) is 0 Å². The van der Waals surface area contributed by atoms with Gasteiger partial charge in [0.05, 0.1) is 25.8 Å². The van der Waals surface area contributed by atoms with Crippen molar-refractivity contribution in [3.8, 4) is 0 Å². The summed E-state index contributed by atoms with van der Waals surface area (Å²) < 4.78 is 9.98. The Morgan fingerprint density at radius 2 is 2.25 bits per heavy atom. The first-order chi connectivity index (χ1) is 7.52. The summed E-state index contributed by atoms with van der Waals surface area (Å²) in [6, 6.07) is 0.0416. The van der Waals surface area contributed by atoms with Gasteiger partial charge in [-0.3, -0.25) is 4.79 Å². The Balaban J connectivity index is 2.36. The minimum Gasteiger partial charge on any atom is -0.469 e. The molecule has 0 radical (unpaired) electrons. The number of methoxy groups -OCH3 is 1. The lowest BCUT2D eigenvalue weighted by Crippen LogP contribution is -2.28.